The van der Waals surface area contributed by atoms with Gasteiger partial charge in [-0.15, -0.1) is 0 Å². The van der Waals surface area contributed by atoms with Crippen LogP contribution in [0.5, 0.6) is 17.2 Å². The van der Waals surface area contributed by atoms with Gasteiger partial charge in [0.05, 0.1) is 31.0 Å². The number of anilines is 1. The van der Waals surface area contributed by atoms with Crippen LogP contribution in [0.25, 0.3) is 5.76 Å². The number of ketones is 1. The quantitative estimate of drug-likeness (QED) is 0.215. The third-order valence-corrected chi connectivity index (χ3v) is 7.24. The molecule has 1 saturated heterocycles. The van der Waals surface area contributed by atoms with Gasteiger partial charge in [-0.3, -0.25) is 14.5 Å². The molecule has 0 saturated carbocycles. The van der Waals surface area contributed by atoms with E-state index in [4.69, 9.17) is 18.9 Å². The van der Waals surface area contributed by atoms with Crippen molar-refractivity contribution < 1.29 is 38.4 Å². The molecule has 3 heterocycles. The summed E-state index contributed by atoms with van der Waals surface area (Å²) in [5.41, 5.74) is 1.02. The number of fused-ring (bicyclic) bond motifs is 1. The Morgan fingerprint density at radius 3 is 2.66 bits per heavy atom. The first-order chi connectivity index (χ1) is 18.3. The summed E-state index contributed by atoms with van der Waals surface area (Å²) in [6, 6.07) is 10.7. The van der Waals surface area contributed by atoms with Gasteiger partial charge in [-0.1, -0.05) is 23.5 Å². The van der Waals surface area contributed by atoms with Gasteiger partial charge in [-0.25, -0.2) is 9.78 Å². The number of thiazole rings is 1. The molecule has 2 aromatic carbocycles. The minimum absolute atomic E-state index is 0.123. The van der Waals surface area contributed by atoms with Gasteiger partial charge in [0.2, 0.25) is 0 Å². The number of hydrogen-bond acceptors (Lipinski definition) is 10. The minimum Gasteiger partial charge on any atom is -0.507 e. The number of methoxy groups -OCH3 is 1. The van der Waals surface area contributed by atoms with Gasteiger partial charge in [-0.2, -0.15) is 0 Å². The third-order valence-electron chi connectivity index (χ3n) is 6.11. The molecule has 1 fully saturated rings. The van der Waals surface area contributed by atoms with E-state index in [-0.39, 0.29) is 26.9 Å². The smallest absolute Gasteiger partial charge is 0.350 e. The van der Waals surface area contributed by atoms with Crippen LogP contribution in [-0.2, 0) is 14.3 Å². The van der Waals surface area contributed by atoms with Crippen molar-refractivity contribution in [3.05, 3.63) is 69.7 Å². The van der Waals surface area contributed by atoms with Gasteiger partial charge in [0.25, 0.3) is 5.78 Å². The highest BCUT2D eigenvalue weighted by Gasteiger charge is 2.48. The number of aryl methyl sites for hydroxylation is 1. The van der Waals surface area contributed by atoms with E-state index in [1.54, 1.807) is 49.4 Å². The number of esters is 1. The SMILES string of the molecule is CCOc1cccc(C2/C(=C(\O)c3ccc4c(c3)OCCO4)C(=O)C(=O)N2c2nc(C)c(C(=O)OC)s2)c1. The second-order valence-corrected chi connectivity index (χ2v) is 9.41. The van der Waals surface area contributed by atoms with Crippen molar-refractivity contribution in [2.75, 3.05) is 31.8 Å². The zero-order valence-corrected chi connectivity index (χ0v) is 21.7. The predicted octanol–water partition coefficient (Wildman–Crippen LogP) is 4.03. The van der Waals surface area contributed by atoms with Crippen molar-refractivity contribution in [3.8, 4) is 17.2 Å². The van der Waals surface area contributed by atoms with Crippen LogP contribution in [0.15, 0.2) is 48.0 Å². The highest BCUT2D eigenvalue weighted by Crippen LogP contribution is 2.45. The molecule has 1 aromatic heterocycles. The molecule has 0 aliphatic carbocycles. The average Bonchev–Trinajstić information content (AvgIpc) is 3.44. The first-order valence-electron chi connectivity index (χ1n) is 11.8. The van der Waals surface area contributed by atoms with Crippen molar-refractivity contribution in [1.82, 2.24) is 4.98 Å². The number of aliphatic hydroxyl groups is 1. The third kappa shape index (κ3) is 4.34. The van der Waals surface area contributed by atoms with Crippen molar-refractivity contribution in [2.45, 2.75) is 19.9 Å². The summed E-state index contributed by atoms with van der Waals surface area (Å²) in [6.45, 7) is 4.61. The fourth-order valence-corrected chi connectivity index (χ4v) is 5.41. The summed E-state index contributed by atoms with van der Waals surface area (Å²) in [4.78, 5) is 44.9. The van der Waals surface area contributed by atoms with Crippen LogP contribution in [-0.4, -0.2) is 54.7 Å². The summed E-state index contributed by atoms with van der Waals surface area (Å²) in [7, 11) is 1.25. The van der Waals surface area contributed by atoms with E-state index in [1.165, 1.54) is 12.0 Å². The number of aliphatic hydroxyl groups excluding tert-OH is 1. The molecule has 38 heavy (non-hydrogen) atoms. The van der Waals surface area contributed by atoms with Crippen molar-refractivity contribution >= 4 is 39.9 Å². The average molecular weight is 537 g/mol. The summed E-state index contributed by atoms with van der Waals surface area (Å²) in [5.74, 6) is -1.30. The Morgan fingerprint density at radius 2 is 1.92 bits per heavy atom. The summed E-state index contributed by atoms with van der Waals surface area (Å²) in [6.07, 6.45) is 0. The lowest BCUT2D eigenvalue weighted by atomic mass is 9.95. The summed E-state index contributed by atoms with van der Waals surface area (Å²) in [5, 5.41) is 11.5. The Morgan fingerprint density at radius 1 is 1.16 bits per heavy atom. The molecular formula is C27H24N2O8S. The van der Waals surface area contributed by atoms with Crippen LogP contribution >= 0.6 is 11.3 Å². The van der Waals surface area contributed by atoms with Gasteiger partial charge in [0.15, 0.2) is 16.6 Å². The number of Topliss-reactive ketones (excluding diaryl/α,β-unsaturated/α-hetero) is 1. The molecule has 3 aromatic rings. The highest BCUT2D eigenvalue weighted by molar-refractivity contribution is 7.17. The summed E-state index contributed by atoms with van der Waals surface area (Å²) < 4.78 is 21.7. The molecule has 11 heteroatoms. The number of amides is 1. The summed E-state index contributed by atoms with van der Waals surface area (Å²) >= 11 is 0.931. The van der Waals surface area contributed by atoms with Crippen LogP contribution in [0.4, 0.5) is 5.13 Å². The lowest BCUT2D eigenvalue weighted by Crippen LogP contribution is -2.29. The molecule has 1 amide bonds. The lowest BCUT2D eigenvalue weighted by Gasteiger charge is -2.23. The number of carbonyl (C=O) groups excluding carboxylic acids is 3. The molecule has 1 unspecified atom stereocenters. The van der Waals surface area contributed by atoms with Gasteiger partial charge in [0, 0.05) is 5.56 Å². The van der Waals surface area contributed by atoms with Crippen LogP contribution in [0, 0.1) is 6.92 Å². The lowest BCUT2D eigenvalue weighted by molar-refractivity contribution is -0.132. The Balaban J connectivity index is 1.69. The van der Waals surface area contributed by atoms with Gasteiger partial charge in [-0.05, 0) is 49.7 Å². The maximum Gasteiger partial charge on any atom is 0.350 e. The normalized spacial score (nSPS) is 18.0. The van der Waals surface area contributed by atoms with Crippen LogP contribution < -0.4 is 19.1 Å². The molecule has 5 rings (SSSR count). The van der Waals surface area contributed by atoms with Crippen molar-refractivity contribution in [3.63, 3.8) is 0 Å². The highest BCUT2D eigenvalue weighted by atomic mass is 32.1. The number of carbonyl (C=O) groups is 3. The monoisotopic (exact) mass is 536 g/mol. The number of hydrogen-bond donors (Lipinski definition) is 1. The molecule has 2 aliphatic heterocycles. The Bertz CT molecular complexity index is 1480. The zero-order chi connectivity index (χ0) is 27.0. The van der Waals surface area contributed by atoms with Crippen LogP contribution in [0.1, 0.15) is 39.5 Å². The molecule has 0 spiro atoms. The first-order valence-corrected chi connectivity index (χ1v) is 12.6. The number of nitrogens with zero attached hydrogens (tertiary/aromatic N) is 2. The van der Waals surface area contributed by atoms with Gasteiger partial charge in [0.1, 0.15) is 29.6 Å². The van der Waals surface area contributed by atoms with Crippen LogP contribution in [0.3, 0.4) is 0 Å². The largest absolute Gasteiger partial charge is 0.507 e. The van der Waals surface area contributed by atoms with E-state index in [1.807, 2.05) is 6.92 Å². The van der Waals surface area contributed by atoms with Crippen LogP contribution in [0.2, 0.25) is 0 Å². The maximum atomic E-state index is 13.5. The first kappa shape index (κ1) is 25.3. The molecule has 10 nitrogen and oxygen atoms in total. The zero-order valence-electron chi connectivity index (χ0n) is 20.8. The van der Waals surface area contributed by atoms with Gasteiger partial charge < -0.3 is 24.1 Å². The minimum atomic E-state index is -1.04. The number of rotatable bonds is 6. The number of aromatic nitrogens is 1. The molecule has 1 N–H and O–H groups in total. The molecule has 2 aliphatic rings. The van der Waals surface area contributed by atoms with E-state index >= 15 is 0 Å². The molecule has 0 radical (unpaired) electrons. The number of ether oxygens (including phenoxy) is 4. The molecular weight excluding hydrogens is 512 g/mol. The van der Waals surface area contributed by atoms with E-state index < -0.39 is 23.7 Å². The van der Waals surface area contributed by atoms with Gasteiger partial charge >= 0.3 is 11.9 Å². The Hall–Kier alpha value is -4.38. The van der Waals surface area contributed by atoms with Crippen molar-refractivity contribution in [1.29, 1.82) is 0 Å². The maximum absolute atomic E-state index is 13.5. The molecule has 0 bridgehead atoms. The molecule has 196 valence electrons. The Kier molecular flexibility index (Phi) is 6.77. The fraction of sp³-hybridized carbons (Fsp3) is 0.259. The Labute approximate surface area is 222 Å². The van der Waals surface area contributed by atoms with Crippen molar-refractivity contribution in [2.24, 2.45) is 0 Å². The molecule has 1 atom stereocenters. The van der Waals surface area contributed by atoms with E-state index in [2.05, 4.69) is 4.98 Å². The fourth-order valence-electron chi connectivity index (χ4n) is 4.40. The standard InChI is InChI=1S/C27H24N2O8S/c1-4-35-17-7-5-6-15(12-17)21-20(22(30)16-8-9-18-19(13-16)37-11-10-36-18)23(31)25(32)29(21)27-28-14(2)24(38-27)26(33)34-3/h5-9,12-13,21,30H,4,10-11H2,1-3H3/b22-20+. The van der Waals surface area contributed by atoms with E-state index in [0.29, 0.717) is 48.3 Å². The predicted molar refractivity (Wildman–Crippen MR) is 138 cm³/mol. The second-order valence-electron chi connectivity index (χ2n) is 8.44. The number of benzene rings is 2. The topological polar surface area (TPSA) is 124 Å². The second kappa shape index (κ2) is 10.2. The van der Waals surface area contributed by atoms with E-state index in [9.17, 15) is 19.5 Å². The van der Waals surface area contributed by atoms with E-state index in [0.717, 1.165) is 11.3 Å².